The second kappa shape index (κ2) is 6.71. The van der Waals surface area contributed by atoms with Gasteiger partial charge in [0.05, 0.1) is 6.04 Å². The molecule has 0 saturated carbocycles. The van der Waals surface area contributed by atoms with Gasteiger partial charge < -0.3 is 14.6 Å². The third-order valence-electron chi connectivity index (χ3n) is 4.69. The van der Waals surface area contributed by atoms with Crippen LogP contribution in [0, 0.1) is 11.8 Å². The molecular formula is C17H23ClN2O2. The molecule has 0 spiro atoms. The summed E-state index contributed by atoms with van der Waals surface area (Å²) >= 11 is 0. The summed E-state index contributed by atoms with van der Waals surface area (Å²) in [4.78, 5) is 14.4. The van der Waals surface area contributed by atoms with E-state index in [0.29, 0.717) is 5.92 Å². The molecule has 2 aromatic rings. The van der Waals surface area contributed by atoms with Gasteiger partial charge in [-0.3, -0.25) is 4.79 Å². The summed E-state index contributed by atoms with van der Waals surface area (Å²) < 4.78 is 5.88. The minimum absolute atomic E-state index is 0. The van der Waals surface area contributed by atoms with E-state index in [1.165, 1.54) is 0 Å². The molecule has 1 fully saturated rings. The van der Waals surface area contributed by atoms with Crippen molar-refractivity contribution in [3.05, 3.63) is 36.1 Å². The fourth-order valence-corrected chi connectivity index (χ4v) is 2.78. The second-order valence-electron chi connectivity index (χ2n) is 6.02. The van der Waals surface area contributed by atoms with Gasteiger partial charge in [0.25, 0.3) is 0 Å². The average molecular weight is 323 g/mol. The van der Waals surface area contributed by atoms with Crippen LogP contribution in [0.2, 0.25) is 0 Å². The summed E-state index contributed by atoms with van der Waals surface area (Å²) in [5, 5.41) is 4.31. The smallest absolute Gasteiger partial charge is 0.226 e. The second-order valence-corrected chi connectivity index (χ2v) is 6.02. The molecule has 1 aromatic carbocycles. The summed E-state index contributed by atoms with van der Waals surface area (Å²) in [6.07, 6.45) is 0. The van der Waals surface area contributed by atoms with Crippen LogP contribution in [-0.4, -0.2) is 30.9 Å². The fraction of sp³-hybridized carbons (Fsp3) is 0.471. The van der Waals surface area contributed by atoms with E-state index in [2.05, 4.69) is 5.32 Å². The minimum Gasteiger partial charge on any atom is -0.459 e. The molecule has 2 heterocycles. The number of amides is 1. The van der Waals surface area contributed by atoms with E-state index in [1.807, 2.05) is 51.2 Å². The molecule has 2 atom stereocenters. The largest absolute Gasteiger partial charge is 0.459 e. The maximum atomic E-state index is 12.6. The molecule has 0 bridgehead atoms. The highest BCUT2D eigenvalue weighted by Gasteiger charge is 2.32. The Labute approximate surface area is 137 Å². The van der Waals surface area contributed by atoms with Crippen molar-refractivity contribution in [2.45, 2.75) is 19.9 Å². The molecule has 4 nitrogen and oxygen atoms in total. The maximum Gasteiger partial charge on any atom is 0.226 e. The van der Waals surface area contributed by atoms with Crippen LogP contribution in [0.5, 0.6) is 0 Å². The SMILES string of the molecule is CC(C(=O)N(C)C(C)c1cc2ccccc2o1)C1CNC1.Cl. The monoisotopic (exact) mass is 322 g/mol. The zero-order valence-corrected chi connectivity index (χ0v) is 14.0. The molecule has 2 unspecified atom stereocenters. The Morgan fingerprint density at radius 3 is 2.59 bits per heavy atom. The van der Waals surface area contributed by atoms with Crippen LogP contribution < -0.4 is 5.32 Å². The number of furan rings is 1. The molecule has 1 aliphatic rings. The molecule has 5 heteroatoms. The van der Waals surface area contributed by atoms with Gasteiger partial charge in [-0.15, -0.1) is 12.4 Å². The molecule has 3 rings (SSSR count). The summed E-state index contributed by atoms with van der Waals surface area (Å²) in [7, 11) is 1.86. The number of fused-ring (bicyclic) bond motifs is 1. The normalized spacial score (nSPS) is 17.4. The van der Waals surface area contributed by atoms with Crippen molar-refractivity contribution >= 4 is 29.3 Å². The maximum absolute atomic E-state index is 12.6. The fourth-order valence-electron chi connectivity index (χ4n) is 2.78. The third-order valence-corrected chi connectivity index (χ3v) is 4.69. The predicted molar refractivity (Wildman–Crippen MR) is 90.2 cm³/mol. The predicted octanol–water partition coefficient (Wildman–Crippen LogP) is 3.23. The van der Waals surface area contributed by atoms with Gasteiger partial charge in [-0.25, -0.2) is 0 Å². The summed E-state index contributed by atoms with van der Waals surface area (Å²) in [5.41, 5.74) is 0.872. The number of hydrogen-bond donors (Lipinski definition) is 1. The van der Waals surface area contributed by atoms with E-state index >= 15 is 0 Å². The number of rotatable bonds is 4. The van der Waals surface area contributed by atoms with Gasteiger partial charge in [-0.2, -0.15) is 0 Å². The Balaban J connectivity index is 0.00000176. The van der Waals surface area contributed by atoms with Gasteiger partial charge in [0, 0.05) is 18.4 Å². The molecule has 0 aliphatic carbocycles. The van der Waals surface area contributed by atoms with Gasteiger partial charge in [0.1, 0.15) is 11.3 Å². The zero-order chi connectivity index (χ0) is 15.0. The molecular weight excluding hydrogens is 300 g/mol. The highest BCUT2D eigenvalue weighted by molar-refractivity contribution is 5.85. The number of para-hydroxylation sites is 1. The van der Waals surface area contributed by atoms with Crippen molar-refractivity contribution in [1.82, 2.24) is 10.2 Å². The number of carbonyl (C=O) groups excluding carboxylic acids is 1. The molecule has 1 amide bonds. The van der Waals surface area contributed by atoms with Crippen LogP contribution in [0.1, 0.15) is 25.6 Å². The van der Waals surface area contributed by atoms with Crippen LogP contribution in [0.25, 0.3) is 11.0 Å². The van der Waals surface area contributed by atoms with Crippen LogP contribution in [0.15, 0.2) is 34.7 Å². The number of hydrogen-bond acceptors (Lipinski definition) is 3. The van der Waals surface area contributed by atoms with Gasteiger partial charge in [-0.05, 0) is 38.1 Å². The standard InChI is InChI=1S/C17H22N2O2.ClH/c1-11(14-9-18-10-14)17(20)19(3)12(2)16-8-13-6-4-5-7-15(13)21-16;/h4-8,11-12,14,18H,9-10H2,1-3H3;1H. The lowest BCUT2D eigenvalue weighted by molar-refractivity contribution is -0.138. The van der Waals surface area contributed by atoms with E-state index in [4.69, 9.17) is 4.42 Å². The van der Waals surface area contributed by atoms with Gasteiger partial charge in [-0.1, -0.05) is 25.1 Å². The lowest BCUT2D eigenvalue weighted by Gasteiger charge is -2.35. The third kappa shape index (κ3) is 2.99. The van der Waals surface area contributed by atoms with Gasteiger partial charge in [0.2, 0.25) is 5.91 Å². The van der Waals surface area contributed by atoms with Gasteiger partial charge >= 0.3 is 0 Å². The van der Waals surface area contributed by atoms with Crippen molar-refractivity contribution in [2.24, 2.45) is 11.8 Å². The highest BCUT2D eigenvalue weighted by Crippen LogP contribution is 2.28. The lowest BCUT2D eigenvalue weighted by atomic mass is 9.87. The van der Waals surface area contributed by atoms with E-state index in [9.17, 15) is 4.79 Å². The highest BCUT2D eigenvalue weighted by atomic mass is 35.5. The molecule has 22 heavy (non-hydrogen) atoms. The zero-order valence-electron chi connectivity index (χ0n) is 13.2. The van der Waals surface area contributed by atoms with E-state index in [-0.39, 0.29) is 30.3 Å². The average Bonchev–Trinajstić information content (AvgIpc) is 2.86. The van der Waals surface area contributed by atoms with Crippen LogP contribution in [0.3, 0.4) is 0 Å². The first kappa shape index (κ1) is 16.8. The van der Waals surface area contributed by atoms with Gasteiger partial charge in [0.15, 0.2) is 0 Å². The molecule has 0 radical (unpaired) electrons. The Morgan fingerprint density at radius 1 is 1.32 bits per heavy atom. The minimum atomic E-state index is -0.0552. The summed E-state index contributed by atoms with van der Waals surface area (Å²) in [5.74, 6) is 1.55. The Bertz CT molecular complexity index is 618. The number of halogens is 1. The van der Waals surface area contributed by atoms with Crippen molar-refractivity contribution < 1.29 is 9.21 Å². The van der Waals surface area contributed by atoms with Crippen molar-refractivity contribution in [1.29, 1.82) is 0 Å². The summed E-state index contributed by atoms with van der Waals surface area (Å²) in [6.45, 7) is 5.93. The Morgan fingerprint density at radius 2 is 2.00 bits per heavy atom. The Hall–Kier alpha value is -1.52. The van der Waals surface area contributed by atoms with Crippen molar-refractivity contribution in [3.63, 3.8) is 0 Å². The molecule has 1 N–H and O–H groups in total. The first-order valence-electron chi connectivity index (χ1n) is 7.54. The van der Waals surface area contributed by atoms with E-state index < -0.39 is 0 Å². The molecule has 1 saturated heterocycles. The van der Waals surface area contributed by atoms with Crippen molar-refractivity contribution in [3.8, 4) is 0 Å². The Kier molecular flexibility index (Phi) is 5.14. The topological polar surface area (TPSA) is 45.5 Å². The molecule has 1 aromatic heterocycles. The number of benzene rings is 1. The molecule has 1 aliphatic heterocycles. The van der Waals surface area contributed by atoms with Crippen LogP contribution in [0.4, 0.5) is 0 Å². The van der Waals surface area contributed by atoms with Crippen LogP contribution in [-0.2, 0) is 4.79 Å². The number of nitrogens with one attached hydrogen (secondary N) is 1. The first-order valence-corrected chi connectivity index (χ1v) is 7.54. The van der Waals surface area contributed by atoms with E-state index in [0.717, 1.165) is 29.8 Å². The first-order chi connectivity index (χ1) is 10.1. The van der Waals surface area contributed by atoms with Crippen molar-refractivity contribution in [2.75, 3.05) is 20.1 Å². The lowest BCUT2D eigenvalue weighted by Crippen LogP contribution is -2.50. The van der Waals surface area contributed by atoms with Crippen LogP contribution >= 0.6 is 12.4 Å². The quantitative estimate of drug-likeness (QED) is 0.940. The summed E-state index contributed by atoms with van der Waals surface area (Å²) in [6, 6.07) is 9.91. The number of nitrogens with zero attached hydrogens (tertiary/aromatic N) is 1. The molecule has 120 valence electrons. The van der Waals surface area contributed by atoms with E-state index in [1.54, 1.807) is 4.90 Å². The number of carbonyl (C=O) groups is 1.